The summed E-state index contributed by atoms with van der Waals surface area (Å²) in [6, 6.07) is 14.9. The third kappa shape index (κ3) is 6.07. The van der Waals surface area contributed by atoms with Crippen LogP contribution >= 0.6 is 0 Å². The van der Waals surface area contributed by atoms with Gasteiger partial charge in [0.15, 0.2) is 0 Å². The fourth-order valence-electron chi connectivity index (χ4n) is 2.93. The highest BCUT2D eigenvalue weighted by Crippen LogP contribution is 2.19. The average molecular weight is 343 g/mol. The van der Waals surface area contributed by atoms with Crippen LogP contribution in [0.5, 0.6) is 11.5 Å². The van der Waals surface area contributed by atoms with E-state index in [-0.39, 0.29) is 23.9 Å². The van der Waals surface area contributed by atoms with Crippen LogP contribution < -0.4 is 10.1 Å². The van der Waals surface area contributed by atoms with E-state index in [1.54, 1.807) is 12.1 Å². The third-order valence-corrected chi connectivity index (χ3v) is 4.28. The maximum absolute atomic E-state index is 10.4. The van der Waals surface area contributed by atoms with Gasteiger partial charge in [-0.2, -0.15) is 0 Å². The number of aryl methyl sites for hydroxylation is 1. The van der Waals surface area contributed by atoms with Crippen molar-refractivity contribution >= 4 is 0 Å². The molecule has 0 aliphatic rings. The maximum Gasteiger partial charge on any atom is 0.122 e. The van der Waals surface area contributed by atoms with Gasteiger partial charge in [-0.25, -0.2) is 0 Å². The van der Waals surface area contributed by atoms with Gasteiger partial charge in [0.2, 0.25) is 0 Å². The lowest BCUT2D eigenvalue weighted by Gasteiger charge is -2.32. The summed E-state index contributed by atoms with van der Waals surface area (Å²) in [5.74, 6) is 1.07. The van der Waals surface area contributed by atoms with Crippen LogP contribution in [0.3, 0.4) is 0 Å². The molecule has 2 rings (SSSR count). The Morgan fingerprint density at radius 2 is 1.72 bits per heavy atom. The number of hydrogen-bond acceptors (Lipinski definition) is 4. The highest BCUT2D eigenvalue weighted by molar-refractivity contribution is 5.31. The standard InChI is InChI=1S/C21H29NO3/c1-15-7-5-6-8-20(15)25-14-19(24)16(2)22-21(3,4)13-17-9-11-18(23)12-10-17/h5-12,16,19,22-24H,13-14H2,1-4H3. The molecule has 0 bridgehead atoms. The number of phenolic OH excluding ortho intramolecular Hbond substituents is 1. The van der Waals surface area contributed by atoms with Crippen molar-refractivity contribution < 1.29 is 14.9 Å². The molecule has 136 valence electrons. The van der Waals surface area contributed by atoms with Gasteiger partial charge in [0.05, 0.1) is 0 Å². The van der Waals surface area contributed by atoms with E-state index in [0.29, 0.717) is 0 Å². The first-order valence-corrected chi connectivity index (χ1v) is 8.69. The number of rotatable bonds is 8. The summed E-state index contributed by atoms with van der Waals surface area (Å²) in [5, 5.41) is 23.3. The van der Waals surface area contributed by atoms with Crippen molar-refractivity contribution in [2.75, 3.05) is 6.61 Å². The van der Waals surface area contributed by atoms with Gasteiger partial charge in [0.25, 0.3) is 0 Å². The third-order valence-electron chi connectivity index (χ3n) is 4.28. The molecular weight excluding hydrogens is 314 g/mol. The van der Waals surface area contributed by atoms with Crippen molar-refractivity contribution in [1.82, 2.24) is 5.32 Å². The van der Waals surface area contributed by atoms with E-state index in [1.807, 2.05) is 50.2 Å². The molecule has 0 aliphatic carbocycles. The molecule has 0 radical (unpaired) electrons. The highest BCUT2D eigenvalue weighted by atomic mass is 16.5. The fraction of sp³-hybridized carbons (Fsp3) is 0.429. The Balaban J connectivity index is 1.87. The second kappa shape index (κ2) is 8.37. The second-order valence-electron chi connectivity index (χ2n) is 7.30. The quantitative estimate of drug-likeness (QED) is 0.687. The van der Waals surface area contributed by atoms with Crippen LogP contribution in [0.4, 0.5) is 0 Å². The first-order valence-electron chi connectivity index (χ1n) is 8.69. The molecule has 0 fully saturated rings. The van der Waals surface area contributed by atoms with Crippen molar-refractivity contribution in [2.45, 2.75) is 51.8 Å². The molecule has 0 aromatic heterocycles. The SMILES string of the molecule is Cc1ccccc1OCC(O)C(C)NC(C)(C)Cc1ccc(O)cc1. The number of phenols is 1. The molecule has 2 atom stereocenters. The number of para-hydroxylation sites is 1. The van der Waals surface area contributed by atoms with E-state index in [1.165, 1.54) is 0 Å². The van der Waals surface area contributed by atoms with Gasteiger partial charge in [-0.3, -0.25) is 0 Å². The monoisotopic (exact) mass is 343 g/mol. The molecule has 0 saturated heterocycles. The zero-order valence-electron chi connectivity index (χ0n) is 15.5. The molecule has 0 heterocycles. The maximum atomic E-state index is 10.4. The van der Waals surface area contributed by atoms with Gasteiger partial charge in [0, 0.05) is 11.6 Å². The van der Waals surface area contributed by atoms with Gasteiger partial charge in [-0.15, -0.1) is 0 Å². The molecule has 25 heavy (non-hydrogen) atoms. The minimum absolute atomic E-state index is 0.115. The number of aromatic hydroxyl groups is 1. The van der Waals surface area contributed by atoms with Crippen molar-refractivity contribution in [1.29, 1.82) is 0 Å². The van der Waals surface area contributed by atoms with Gasteiger partial charge in [-0.1, -0.05) is 30.3 Å². The molecule has 0 spiro atoms. The second-order valence-corrected chi connectivity index (χ2v) is 7.30. The number of benzene rings is 2. The lowest BCUT2D eigenvalue weighted by molar-refractivity contribution is 0.0680. The van der Waals surface area contributed by atoms with E-state index < -0.39 is 6.10 Å². The molecule has 0 aliphatic heterocycles. The van der Waals surface area contributed by atoms with E-state index >= 15 is 0 Å². The molecular formula is C21H29NO3. The molecule has 4 nitrogen and oxygen atoms in total. The summed E-state index contributed by atoms with van der Waals surface area (Å²) in [6.07, 6.45) is 0.182. The van der Waals surface area contributed by atoms with E-state index in [0.717, 1.165) is 23.3 Å². The van der Waals surface area contributed by atoms with Crippen LogP contribution in [-0.4, -0.2) is 34.5 Å². The Bertz CT molecular complexity index is 667. The molecule has 4 heteroatoms. The molecule has 0 saturated carbocycles. The van der Waals surface area contributed by atoms with Crippen LogP contribution in [0.1, 0.15) is 31.9 Å². The normalized spacial score (nSPS) is 14.1. The lowest BCUT2D eigenvalue weighted by atomic mass is 9.93. The smallest absolute Gasteiger partial charge is 0.122 e. The number of aliphatic hydroxyl groups is 1. The fourth-order valence-corrected chi connectivity index (χ4v) is 2.93. The number of aliphatic hydroxyl groups excluding tert-OH is 1. The van der Waals surface area contributed by atoms with E-state index in [4.69, 9.17) is 4.74 Å². The first-order chi connectivity index (χ1) is 11.8. The van der Waals surface area contributed by atoms with Gasteiger partial charge >= 0.3 is 0 Å². The minimum atomic E-state index is -0.612. The highest BCUT2D eigenvalue weighted by Gasteiger charge is 2.25. The van der Waals surface area contributed by atoms with Crippen LogP contribution in [-0.2, 0) is 6.42 Å². The minimum Gasteiger partial charge on any atom is -0.508 e. The van der Waals surface area contributed by atoms with Crippen molar-refractivity contribution in [3.05, 3.63) is 59.7 Å². The Kier molecular flexibility index (Phi) is 6.45. The molecule has 2 unspecified atom stereocenters. The Labute approximate surface area is 150 Å². The first kappa shape index (κ1) is 19.3. The van der Waals surface area contributed by atoms with Crippen LogP contribution in [0, 0.1) is 6.92 Å². The number of hydrogen-bond donors (Lipinski definition) is 3. The predicted molar refractivity (Wildman–Crippen MR) is 101 cm³/mol. The summed E-state index contributed by atoms with van der Waals surface area (Å²) in [5.41, 5.74) is 2.00. The summed E-state index contributed by atoms with van der Waals surface area (Å²) in [6.45, 7) is 8.40. The van der Waals surface area contributed by atoms with E-state index in [2.05, 4.69) is 19.2 Å². The van der Waals surface area contributed by atoms with Crippen LogP contribution in [0.2, 0.25) is 0 Å². The van der Waals surface area contributed by atoms with Gasteiger partial charge < -0.3 is 20.3 Å². The Morgan fingerprint density at radius 1 is 1.08 bits per heavy atom. The van der Waals surface area contributed by atoms with Gasteiger partial charge in [0.1, 0.15) is 24.2 Å². The molecule has 2 aromatic carbocycles. The Hall–Kier alpha value is -2.04. The van der Waals surface area contributed by atoms with Crippen LogP contribution in [0.15, 0.2) is 48.5 Å². The van der Waals surface area contributed by atoms with Crippen molar-refractivity contribution in [2.24, 2.45) is 0 Å². The summed E-state index contributed by atoms with van der Waals surface area (Å²) < 4.78 is 5.75. The largest absolute Gasteiger partial charge is 0.508 e. The van der Waals surface area contributed by atoms with Crippen LogP contribution in [0.25, 0.3) is 0 Å². The van der Waals surface area contributed by atoms with Gasteiger partial charge in [-0.05, 0) is 63.4 Å². The summed E-state index contributed by atoms with van der Waals surface area (Å²) in [7, 11) is 0. The zero-order chi connectivity index (χ0) is 18.4. The lowest BCUT2D eigenvalue weighted by Crippen LogP contribution is -2.52. The van der Waals surface area contributed by atoms with E-state index in [9.17, 15) is 10.2 Å². The Morgan fingerprint density at radius 3 is 2.36 bits per heavy atom. The summed E-state index contributed by atoms with van der Waals surface area (Å²) >= 11 is 0. The zero-order valence-corrected chi connectivity index (χ0v) is 15.5. The molecule has 3 N–H and O–H groups in total. The number of ether oxygens (including phenoxy) is 1. The van der Waals surface area contributed by atoms with Crippen molar-refractivity contribution in [3.63, 3.8) is 0 Å². The topological polar surface area (TPSA) is 61.7 Å². The summed E-state index contributed by atoms with van der Waals surface area (Å²) in [4.78, 5) is 0. The predicted octanol–water partition coefficient (Wildman–Crippen LogP) is 3.44. The number of nitrogens with one attached hydrogen (secondary N) is 1. The molecule has 2 aromatic rings. The van der Waals surface area contributed by atoms with Crippen molar-refractivity contribution in [3.8, 4) is 11.5 Å². The average Bonchev–Trinajstić information content (AvgIpc) is 2.55. The molecule has 0 amide bonds.